The van der Waals surface area contributed by atoms with E-state index in [1.165, 1.54) is 23.4 Å². The van der Waals surface area contributed by atoms with E-state index in [4.69, 9.17) is 10.7 Å². The quantitative estimate of drug-likeness (QED) is 0.916. The molecule has 100 valence electrons. The average Bonchev–Trinajstić information content (AvgIpc) is 2.83. The van der Waals surface area contributed by atoms with Crippen molar-refractivity contribution >= 4 is 0 Å². The second kappa shape index (κ2) is 5.17. The van der Waals surface area contributed by atoms with E-state index in [2.05, 4.69) is 42.0 Å². The Morgan fingerprint density at radius 2 is 2.11 bits per heavy atom. The zero-order valence-corrected chi connectivity index (χ0v) is 11.5. The Morgan fingerprint density at radius 1 is 1.32 bits per heavy atom. The molecule has 0 amide bonds. The van der Waals surface area contributed by atoms with Crippen LogP contribution in [0.25, 0.3) is 11.3 Å². The van der Waals surface area contributed by atoms with Crippen LogP contribution in [0.5, 0.6) is 0 Å². The van der Waals surface area contributed by atoms with Gasteiger partial charge in [-0.1, -0.05) is 31.2 Å². The minimum atomic E-state index is 0.704. The Kier molecular flexibility index (Phi) is 3.38. The Morgan fingerprint density at radius 3 is 2.84 bits per heavy atom. The van der Waals surface area contributed by atoms with Crippen molar-refractivity contribution in [3.05, 3.63) is 41.9 Å². The van der Waals surface area contributed by atoms with Gasteiger partial charge >= 0.3 is 0 Å². The first-order chi connectivity index (χ1) is 9.26. The number of nitrogens with zero attached hydrogens (tertiary/aromatic N) is 2. The SMILES string of the molecule is CC1CCn2cc(-c3ccc(CCN)cc3)nc2C1. The maximum atomic E-state index is 5.57. The molecule has 3 heteroatoms. The third-order valence-electron chi connectivity index (χ3n) is 3.94. The molecule has 0 saturated carbocycles. The molecular weight excluding hydrogens is 234 g/mol. The third-order valence-corrected chi connectivity index (χ3v) is 3.94. The van der Waals surface area contributed by atoms with Crippen molar-refractivity contribution in [2.45, 2.75) is 32.7 Å². The minimum Gasteiger partial charge on any atom is -0.334 e. The maximum Gasteiger partial charge on any atom is 0.109 e. The lowest BCUT2D eigenvalue weighted by Gasteiger charge is -2.18. The van der Waals surface area contributed by atoms with E-state index >= 15 is 0 Å². The first kappa shape index (κ1) is 12.4. The molecule has 2 N–H and O–H groups in total. The van der Waals surface area contributed by atoms with Crippen LogP contribution < -0.4 is 5.73 Å². The van der Waals surface area contributed by atoms with Crippen molar-refractivity contribution < 1.29 is 0 Å². The second-order valence-corrected chi connectivity index (χ2v) is 5.57. The highest BCUT2D eigenvalue weighted by Crippen LogP contribution is 2.25. The van der Waals surface area contributed by atoms with Crippen LogP contribution in [0.1, 0.15) is 24.7 Å². The molecule has 1 aromatic carbocycles. The normalized spacial score (nSPS) is 18.3. The molecule has 19 heavy (non-hydrogen) atoms. The van der Waals surface area contributed by atoms with Gasteiger partial charge in [-0.25, -0.2) is 4.98 Å². The highest BCUT2D eigenvalue weighted by atomic mass is 15.1. The molecule has 1 aromatic heterocycles. The molecule has 0 spiro atoms. The van der Waals surface area contributed by atoms with Crippen molar-refractivity contribution in [1.82, 2.24) is 9.55 Å². The van der Waals surface area contributed by atoms with Gasteiger partial charge in [0.2, 0.25) is 0 Å². The van der Waals surface area contributed by atoms with E-state index in [0.29, 0.717) is 6.54 Å². The average molecular weight is 255 g/mol. The van der Waals surface area contributed by atoms with E-state index in [1.54, 1.807) is 0 Å². The van der Waals surface area contributed by atoms with Gasteiger partial charge in [0.1, 0.15) is 5.82 Å². The molecule has 0 bridgehead atoms. The summed E-state index contributed by atoms with van der Waals surface area (Å²) >= 11 is 0. The molecule has 0 fully saturated rings. The lowest BCUT2D eigenvalue weighted by atomic mass is 10.0. The summed E-state index contributed by atoms with van der Waals surface area (Å²) in [6, 6.07) is 8.62. The minimum absolute atomic E-state index is 0.704. The zero-order valence-electron chi connectivity index (χ0n) is 11.5. The van der Waals surface area contributed by atoms with Crippen molar-refractivity contribution in [2.24, 2.45) is 11.7 Å². The van der Waals surface area contributed by atoms with Gasteiger partial charge in [-0.3, -0.25) is 0 Å². The lowest BCUT2D eigenvalue weighted by Crippen LogP contribution is -2.16. The summed E-state index contributed by atoms with van der Waals surface area (Å²) in [5.74, 6) is 1.99. The van der Waals surface area contributed by atoms with Crippen LogP contribution in [0.15, 0.2) is 30.5 Å². The molecule has 0 saturated heterocycles. The van der Waals surface area contributed by atoms with Crippen molar-refractivity contribution in [2.75, 3.05) is 6.54 Å². The van der Waals surface area contributed by atoms with E-state index in [9.17, 15) is 0 Å². The first-order valence-corrected chi connectivity index (χ1v) is 7.11. The van der Waals surface area contributed by atoms with Crippen LogP contribution >= 0.6 is 0 Å². The summed E-state index contributed by atoms with van der Waals surface area (Å²) in [5, 5.41) is 0. The predicted octanol–water partition coefficient (Wildman–Crippen LogP) is 2.63. The van der Waals surface area contributed by atoms with E-state index < -0.39 is 0 Å². The fourth-order valence-corrected chi connectivity index (χ4v) is 2.73. The lowest BCUT2D eigenvalue weighted by molar-refractivity contribution is 0.409. The molecule has 3 nitrogen and oxygen atoms in total. The van der Waals surface area contributed by atoms with Crippen molar-refractivity contribution in [3.8, 4) is 11.3 Å². The van der Waals surface area contributed by atoms with Gasteiger partial charge < -0.3 is 10.3 Å². The standard InChI is InChI=1S/C16H21N3/c1-12-7-9-19-11-15(18-16(19)10-12)14-4-2-13(3-5-14)6-8-17/h2-5,11-12H,6-10,17H2,1H3. The number of imidazole rings is 1. The van der Waals surface area contributed by atoms with E-state index in [-0.39, 0.29) is 0 Å². The van der Waals surface area contributed by atoms with Crippen LogP contribution in [-0.4, -0.2) is 16.1 Å². The van der Waals surface area contributed by atoms with E-state index in [0.717, 1.165) is 31.0 Å². The zero-order chi connectivity index (χ0) is 13.2. The monoisotopic (exact) mass is 255 g/mol. The summed E-state index contributed by atoms with van der Waals surface area (Å²) in [5.41, 5.74) is 9.17. The Labute approximate surface area is 114 Å². The van der Waals surface area contributed by atoms with Crippen LogP contribution in [0.2, 0.25) is 0 Å². The number of nitrogens with two attached hydrogens (primary N) is 1. The van der Waals surface area contributed by atoms with Gasteiger partial charge in [-0.15, -0.1) is 0 Å². The molecule has 1 aliphatic heterocycles. The van der Waals surface area contributed by atoms with Crippen LogP contribution in [-0.2, 0) is 19.4 Å². The molecule has 0 radical (unpaired) electrons. The first-order valence-electron chi connectivity index (χ1n) is 7.11. The summed E-state index contributed by atoms with van der Waals surface area (Å²) in [7, 11) is 0. The number of rotatable bonds is 3. The molecule has 3 rings (SSSR count). The Balaban J connectivity index is 1.86. The molecule has 2 aromatic rings. The van der Waals surface area contributed by atoms with Crippen molar-refractivity contribution in [3.63, 3.8) is 0 Å². The van der Waals surface area contributed by atoms with Gasteiger partial charge in [0.25, 0.3) is 0 Å². The maximum absolute atomic E-state index is 5.57. The summed E-state index contributed by atoms with van der Waals surface area (Å²) < 4.78 is 2.31. The number of hydrogen-bond acceptors (Lipinski definition) is 2. The van der Waals surface area contributed by atoms with Crippen LogP contribution in [0.4, 0.5) is 0 Å². The van der Waals surface area contributed by atoms with Gasteiger partial charge in [0.15, 0.2) is 0 Å². The summed E-state index contributed by atoms with van der Waals surface area (Å²) in [6.07, 6.45) is 5.50. The predicted molar refractivity (Wildman–Crippen MR) is 77.9 cm³/mol. The molecule has 1 unspecified atom stereocenters. The Hall–Kier alpha value is -1.61. The number of aryl methyl sites for hydroxylation is 1. The van der Waals surface area contributed by atoms with Crippen LogP contribution in [0, 0.1) is 5.92 Å². The van der Waals surface area contributed by atoms with Crippen molar-refractivity contribution in [1.29, 1.82) is 0 Å². The molecular formula is C16H21N3. The number of aromatic nitrogens is 2. The van der Waals surface area contributed by atoms with Crippen LogP contribution in [0.3, 0.4) is 0 Å². The highest BCUT2D eigenvalue weighted by Gasteiger charge is 2.17. The van der Waals surface area contributed by atoms with Gasteiger partial charge in [0, 0.05) is 24.7 Å². The molecule has 1 atom stereocenters. The topological polar surface area (TPSA) is 43.8 Å². The highest BCUT2D eigenvalue weighted by molar-refractivity contribution is 5.59. The molecule has 2 heterocycles. The summed E-state index contributed by atoms with van der Waals surface area (Å²) in [6.45, 7) is 4.12. The smallest absolute Gasteiger partial charge is 0.109 e. The second-order valence-electron chi connectivity index (χ2n) is 5.57. The van der Waals surface area contributed by atoms with Gasteiger partial charge in [-0.2, -0.15) is 0 Å². The molecule has 1 aliphatic rings. The number of benzene rings is 1. The van der Waals surface area contributed by atoms with Gasteiger partial charge in [0.05, 0.1) is 5.69 Å². The molecule has 0 aliphatic carbocycles. The Bertz CT molecular complexity index is 554. The van der Waals surface area contributed by atoms with Gasteiger partial charge in [-0.05, 0) is 30.9 Å². The number of hydrogen-bond donors (Lipinski definition) is 1. The van der Waals surface area contributed by atoms with E-state index in [1.807, 2.05) is 0 Å². The third kappa shape index (κ3) is 2.56. The fraction of sp³-hybridized carbons (Fsp3) is 0.438. The largest absolute Gasteiger partial charge is 0.334 e. The summed E-state index contributed by atoms with van der Waals surface area (Å²) in [4.78, 5) is 4.79. The fourth-order valence-electron chi connectivity index (χ4n) is 2.73. The number of fused-ring (bicyclic) bond motifs is 1.